The Bertz CT molecular complexity index is 631. The molecule has 0 bridgehead atoms. The number of nitrogens with one attached hydrogen (secondary N) is 1. The van der Waals surface area contributed by atoms with Gasteiger partial charge in [0.2, 0.25) is 5.43 Å². The lowest BCUT2D eigenvalue weighted by Crippen LogP contribution is -2.13. The number of aromatic nitrogens is 1. The van der Waals surface area contributed by atoms with Crippen LogP contribution >= 0.6 is 0 Å². The molecule has 2 N–H and O–H groups in total. The lowest BCUT2D eigenvalue weighted by atomic mass is 10.2. The fourth-order valence-electron chi connectivity index (χ4n) is 1.55. The van der Waals surface area contributed by atoms with Crippen LogP contribution in [0.5, 0.6) is 11.5 Å². The van der Waals surface area contributed by atoms with Crippen molar-refractivity contribution in [2.75, 3.05) is 7.11 Å². The zero-order chi connectivity index (χ0) is 12.4. The summed E-state index contributed by atoms with van der Waals surface area (Å²) in [5.74, 6) is 0.236. The normalized spacial score (nSPS) is 10.2. The van der Waals surface area contributed by atoms with E-state index < -0.39 is 11.6 Å². The molecule has 0 atom stereocenters. The van der Waals surface area contributed by atoms with Gasteiger partial charge in [-0.3, -0.25) is 4.79 Å². The lowest BCUT2D eigenvalue weighted by Gasteiger charge is -2.05. The molecule has 0 aliphatic rings. The van der Waals surface area contributed by atoms with Crippen LogP contribution in [0.4, 0.5) is 4.79 Å². The molecule has 0 saturated carbocycles. The molecule has 1 heterocycles. The summed E-state index contributed by atoms with van der Waals surface area (Å²) in [5.41, 5.74) is -0.00205. The van der Waals surface area contributed by atoms with Gasteiger partial charge in [-0.1, -0.05) is 6.07 Å². The Labute approximate surface area is 95.4 Å². The van der Waals surface area contributed by atoms with Crippen LogP contribution in [-0.2, 0) is 0 Å². The van der Waals surface area contributed by atoms with Crippen LogP contribution in [0.2, 0.25) is 0 Å². The zero-order valence-corrected chi connectivity index (χ0v) is 8.89. The number of H-pyrrole nitrogens is 1. The molecule has 1 aromatic heterocycles. The number of fused-ring (bicyclic) bond motifs is 1. The highest BCUT2D eigenvalue weighted by Crippen LogP contribution is 2.22. The number of rotatable bonds is 2. The van der Waals surface area contributed by atoms with Gasteiger partial charge in [-0.15, -0.1) is 0 Å². The summed E-state index contributed by atoms with van der Waals surface area (Å²) >= 11 is 0. The van der Waals surface area contributed by atoms with Crippen LogP contribution < -0.4 is 14.9 Å². The van der Waals surface area contributed by atoms with E-state index in [-0.39, 0.29) is 5.75 Å². The summed E-state index contributed by atoms with van der Waals surface area (Å²) in [6, 6.07) is 4.89. The molecule has 0 aliphatic heterocycles. The second-order valence-electron chi connectivity index (χ2n) is 3.23. The standard InChI is InChI=1S/C11H9NO5/c1-16-7-4-2-3-6-9(7)12-5-8(10(6)13)17-11(14)15/h2-5H,1H3,(H,12,13)(H,14,15). The summed E-state index contributed by atoms with van der Waals surface area (Å²) in [4.78, 5) is 25.0. The Morgan fingerprint density at radius 2 is 2.12 bits per heavy atom. The van der Waals surface area contributed by atoms with Crippen molar-refractivity contribution < 1.29 is 19.4 Å². The van der Waals surface area contributed by atoms with Crippen molar-refractivity contribution in [3.63, 3.8) is 0 Å². The van der Waals surface area contributed by atoms with Gasteiger partial charge in [0, 0.05) is 6.20 Å². The summed E-state index contributed by atoms with van der Waals surface area (Å²) < 4.78 is 9.43. The summed E-state index contributed by atoms with van der Waals surface area (Å²) in [7, 11) is 1.48. The van der Waals surface area contributed by atoms with E-state index >= 15 is 0 Å². The molecule has 0 saturated heterocycles. The Morgan fingerprint density at radius 1 is 1.35 bits per heavy atom. The molecular formula is C11H9NO5. The molecule has 6 heteroatoms. The minimum Gasteiger partial charge on any atom is -0.495 e. The predicted octanol–water partition coefficient (Wildman–Crippen LogP) is 1.59. The van der Waals surface area contributed by atoms with E-state index in [2.05, 4.69) is 9.72 Å². The van der Waals surface area contributed by atoms with Gasteiger partial charge in [0.25, 0.3) is 0 Å². The fraction of sp³-hybridized carbons (Fsp3) is 0.0909. The average molecular weight is 235 g/mol. The van der Waals surface area contributed by atoms with Gasteiger partial charge in [-0.2, -0.15) is 0 Å². The molecule has 0 aliphatic carbocycles. The van der Waals surface area contributed by atoms with E-state index in [9.17, 15) is 9.59 Å². The van der Waals surface area contributed by atoms with E-state index in [1.807, 2.05) is 0 Å². The number of aromatic amines is 1. The number of hydrogen-bond donors (Lipinski definition) is 2. The van der Waals surface area contributed by atoms with Gasteiger partial charge in [0.1, 0.15) is 5.75 Å². The van der Waals surface area contributed by atoms with Gasteiger partial charge < -0.3 is 19.6 Å². The molecule has 17 heavy (non-hydrogen) atoms. The highest BCUT2D eigenvalue weighted by atomic mass is 16.7. The maximum atomic E-state index is 11.9. The molecule has 1 aromatic carbocycles. The number of carboxylic acid groups (broad SMARTS) is 1. The van der Waals surface area contributed by atoms with Crippen molar-refractivity contribution in [3.8, 4) is 11.5 Å². The van der Waals surface area contributed by atoms with Gasteiger partial charge in [-0.05, 0) is 12.1 Å². The first-order valence-electron chi connectivity index (χ1n) is 4.72. The molecule has 6 nitrogen and oxygen atoms in total. The first-order valence-corrected chi connectivity index (χ1v) is 4.72. The van der Waals surface area contributed by atoms with Gasteiger partial charge in [0.15, 0.2) is 5.75 Å². The summed E-state index contributed by atoms with van der Waals surface area (Å²) in [6.07, 6.45) is -0.334. The maximum absolute atomic E-state index is 11.9. The zero-order valence-electron chi connectivity index (χ0n) is 8.89. The molecule has 2 aromatic rings. The Hall–Kier alpha value is -2.50. The third-order valence-corrected chi connectivity index (χ3v) is 2.26. The molecule has 0 radical (unpaired) electrons. The Morgan fingerprint density at radius 3 is 2.76 bits per heavy atom. The summed E-state index contributed by atoms with van der Waals surface area (Å²) in [5, 5.41) is 8.77. The van der Waals surface area contributed by atoms with Crippen LogP contribution in [0, 0.1) is 0 Å². The minimum absolute atomic E-state index is 0.266. The van der Waals surface area contributed by atoms with Crippen molar-refractivity contribution >= 4 is 17.1 Å². The molecule has 0 spiro atoms. The number of benzene rings is 1. The smallest absolute Gasteiger partial charge is 0.495 e. The fourth-order valence-corrected chi connectivity index (χ4v) is 1.55. The minimum atomic E-state index is -1.53. The quantitative estimate of drug-likeness (QED) is 0.771. The largest absolute Gasteiger partial charge is 0.511 e. The molecule has 0 fully saturated rings. The number of para-hydroxylation sites is 1. The second-order valence-corrected chi connectivity index (χ2v) is 3.23. The van der Waals surface area contributed by atoms with Crippen LogP contribution in [0.25, 0.3) is 10.9 Å². The van der Waals surface area contributed by atoms with E-state index in [0.29, 0.717) is 16.7 Å². The second kappa shape index (κ2) is 4.17. The van der Waals surface area contributed by atoms with E-state index in [1.165, 1.54) is 13.3 Å². The topological polar surface area (TPSA) is 88.6 Å². The van der Waals surface area contributed by atoms with Crippen molar-refractivity contribution in [2.45, 2.75) is 0 Å². The maximum Gasteiger partial charge on any atom is 0.511 e. The van der Waals surface area contributed by atoms with E-state index in [4.69, 9.17) is 9.84 Å². The monoisotopic (exact) mass is 235 g/mol. The predicted molar refractivity (Wildman–Crippen MR) is 59.8 cm³/mol. The van der Waals surface area contributed by atoms with Crippen LogP contribution in [0.15, 0.2) is 29.2 Å². The number of hydrogen-bond acceptors (Lipinski definition) is 4. The van der Waals surface area contributed by atoms with Crippen molar-refractivity contribution in [3.05, 3.63) is 34.6 Å². The Kier molecular flexibility index (Phi) is 2.70. The molecule has 2 rings (SSSR count). The summed E-state index contributed by atoms with van der Waals surface area (Å²) in [6.45, 7) is 0. The molecular weight excluding hydrogens is 226 g/mol. The van der Waals surface area contributed by atoms with Gasteiger partial charge in [0.05, 0.1) is 18.0 Å². The average Bonchev–Trinajstić information content (AvgIpc) is 2.31. The number of methoxy groups -OCH3 is 1. The highest BCUT2D eigenvalue weighted by Gasteiger charge is 2.11. The SMILES string of the molecule is COc1cccc2c(=O)c(OC(=O)O)c[nH]c12. The van der Waals surface area contributed by atoms with Crippen LogP contribution in [0.3, 0.4) is 0 Å². The Balaban J connectivity index is 2.68. The number of pyridine rings is 1. The highest BCUT2D eigenvalue weighted by molar-refractivity contribution is 5.85. The van der Waals surface area contributed by atoms with Gasteiger partial charge >= 0.3 is 6.16 Å². The van der Waals surface area contributed by atoms with Crippen molar-refractivity contribution in [2.24, 2.45) is 0 Å². The molecule has 0 amide bonds. The van der Waals surface area contributed by atoms with Crippen molar-refractivity contribution in [1.29, 1.82) is 0 Å². The van der Waals surface area contributed by atoms with E-state index in [0.717, 1.165) is 0 Å². The third-order valence-electron chi connectivity index (χ3n) is 2.26. The molecule has 0 unspecified atom stereocenters. The number of carbonyl (C=O) groups is 1. The first kappa shape index (κ1) is 11.0. The number of ether oxygens (including phenoxy) is 2. The first-order chi connectivity index (χ1) is 8.13. The van der Waals surface area contributed by atoms with Gasteiger partial charge in [-0.25, -0.2) is 4.79 Å². The van der Waals surface area contributed by atoms with E-state index in [1.54, 1.807) is 18.2 Å². The lowest BCUT2D eigenvalue weighted by molar-refractivity contribution is 0.144. The van der Waals surface area contributed by atoms with Crippen LogP contribution in [0.1, 0.15) is 0 Å². The van der Waals surface area contributed by atoms with Crippen molar-refractivity contribution in [1.82, 2.24) is 4.98 Å². The third kappa shape index (κ3) is 1.92. The molecule has 88 valence electrons. The van der Waals surface area contributed by atoms with Crippen LogP contribution in [-0.4, -0.2) is 23.4 Å².